The van der Waals surface area contributed by atoms with Crippen molar-refractivity contribution in [1.82, 2.24) is 5.32 Å². The first-order chi connectivity index (χ1) is 7.99. The summed E-state index contributed by atoms with van der Waals surface area (Å²) < 4.78 is 0. The number of carbonyl (C=O) groups excluding carboxylic acids is 1. The van der Waals surface area contributed by atoms with Crippen LogP contribution in [0.3, 0.4) is 0 Å². The first-order valence-corrected chi connectivity index (χ1v) is 6.67. The van der Waals surface area contributed by atoms with Crippen LogP contribution in [0.2, 0.25) is 0 Å². The van der Waals surface area contributed by atoms with Gasteiger partial charge in [0, 0.05) is 12.5 Å². The van der Waals surface area contributed by atoms with Crippen LogP contribution in [0.4, 0.5) is 0 Å². The maximum atomic E-state index is 11.6. The number of nitrogens with two attached hydrogens (primary N) is 1. The molecule has 102 valence electrons. The fourth-order valence-electron chi connectivity index (χ4n) is 2.04. The Labute approximate surface area is 105 Å². The Morgan fingerprint density at radius 2 is 2.00 bits per heavy atom. The van der Waals surface area contributed by atoms with Crippen molar-refractivity contribution in [3.63, 3.8) is 0 Å². The maximum absolute atomic E-state index is 11.6. The van der Waals surface area contributed by atoms with Crippen LogP contribution < -0.4 is 11.1 Å². The molecule has 4 N–H and O–H groups in total. The predicted molar refractivity (Wildman–Crippen MR) is 70.6 cm³/mol. The van der Waals surface area contributed by atoms with Crippen molar-refractivity contribution < 1.29 is 9.90 Å². The molecule has 4 nitrogen and oxygen atoms in total. The van der Waals surface area contributed by atoms with Gasteiger partial charge in [-0.05, 0) is 45.6 Å². The molecule has 1 amide bonds. The molecule has 0 saturated heterocycles. The Kier molecular flexibility index (Phi) is 9.09. The number of amides is 1. The largest absolute Gasteiger partial charge is 0.393 e. The van der Waals surface area contributed by atoms with Gasteiger partial charge in [0.2, 0.25) is 5.91 Å². The number of aliphatic hydroxyl groups is 1. The summed E-state index contributed by atoms with van der Waals surface area (Å²) in [7, 11) is 0. The standard InChI is InChI=1S/C13H28N2O2/c1-4-12(7-8-14)5-6-13(17)15-10(2)9-11(3)16/h10-12,16H,4-9,14H2,1-3H3,(H,15,17). The highest BCUT2D eigenvalue weighted by molar-refractivity contribution is 5.76. The summed E-state index contributed by atoms with van der Waals surface area (Å²) in [5.74, 6) is 0.631. The third-order valence-electron chi connectivity index (χ3n) is 3.03. The number of hydrogen-bond acceptors (Lipinski definition) is 3. The minimum atomic E-state index is -0.370. The highest BCUT2D eigenvalue weighted by atomic mass is 16.3. The highest BCUT2D eigenvalue weighted by Gasteiger charge is 2.12. The molecule has 3 unspecified atom stereocenters. The van der Waals surface area contributed by atoms with Crippen molar-refractivity contribution in [3.8, 4) is 0 Å². The van der Waals surface area contributed by atoms with E-state index in [1.54, 1.807) is 6.92 Å². The van der Waals surface area contributed by atoms with Crippen LogP contribution in [0.5, 0.6) is 0 Å². The number of nitrogens with one attached hydrogen (secondary N) is 1. The monoisotopic (exact) mass is 244 g/mol. The number of rotatable bonds is 9. The van der Waals surface area contributed by atoms with Gasteiger partial charge in [-0.15, -0.1) is 0 Å². The third kappa shape index (κ3) is 9.12. The van der Waals surface area contributed by atoms with Crippen LogP contribution >= 0.6 is 0 Å². The lowest BCUT2D eigenvalue weighted by molar-refractivity contribution is -0.122. The second-order valence-electron chi connectivity index (χ2n) is 4.94. The quantitative estimate of drug-likeness (QED) is 0.574. The summed E-state index contributed by atoms with van der Waals surface area (Å²) in [5, 5.41) is 12.1. The van der Waals surface area contributed by atoms with Gasteiger partial charge in [-0.1, -0.05) is 13.3 Å². The normalized spacial score (nSPS) is 16.3. The molecule has 0 heterocycles. The van der Waals surface area contributed by atoms with E-state index in [9.17, 15) is 9.90 Å². The number of aliphatic hydroxyl groups excluding tert-OH is 1. The molecule has 0 aromatic heterocycles. The van der Waals surface area contributed by atoms with Crippen molar-refractivity contribution in [2.45, 2.75) is 65.0 Å². The number of hydrogen-bond donors (Lipinski definition) is 3. The summed E-state index contributed by atoms with van der Waals surface area (Å²) in [6.45, 7) is 6.48. The molecule has 0 saturated carbocycles. The van der Waals surface area contributed by atoms with Crippen LogP contribution in [0.15, 0.2) is 0 Å². The highest BCUT2D eigenvalue weighted by Crippen LogP contribution is 2.14. The lowest BCUT2D eigenvalue weighted by atomic mass is 9.96. The molecule has 4 heteroatoms. The van der Waals surface area contributed by atoms with Gasteiger partial charge in [-0.25, -0.2) is 0 Å². The van der Waals surface area contributed by atoms with Crippen molar-refractivity contribution in [2.24, 2.45) is 11.7 Å². The molecule has 0 aliphatic rings. The Balaban J connectivity index is 3.77. The molecule has 0 radical (unpaired) electrons. The zero-order valence-corrected chi connectivity index (χ0v) is 11.4. The Morgan fingerprint density at radius 1 is 1.35 bits per heavy atom. The van der Waals surface area contributed by atoms with Gasteiger partial charge in [0.05, 0.1) is 6.10 Å². The first-order valence-electron chi connectivity index (χ1n) is 6.67. The lowest BCUT2D eigenvalue weighted by Crippen LogP contribution is -2.34. The number of carbonyl (C=O) groups is 1. The topological polar surface area (TPSA) is 75.4 Å². The molecule has 0 spiro atoms. The third-order valence-corrected chi connectivity index (χ3v) is 3.03. The molecule has 0 fully saturated rings. The van der Waals surface area contributed by atoms with Crippen molar-refractivity contribution in [2.75, 3.05) is 6.54 Å². The molecular weight excluding hydrogens is 216 g/mol. The second kappa shape index (κ2) is 9.42. The van der Waals surface area contributed by atoms with Crippen molar-refractivity contribution >= 4 is 5.91 Å². The molecule has 3 atom stereocenters. The summed E-state index contributed by atoms with van der Waals surface area (Å²) in [6, 6.07) is 0.0390. The van der Waals surface area contributed by atoms with E-state index in [0.717, 1.165) is 19.3 Å². The first kappa shape index (κ1) is 16.4. The van der Waals surface area contributed by atoms with Crippen molar-refractivity contribution in [3.05, 3.63) is 0 Å². The lowest BCUT2D eigenvalue weighted by Gasteiger charge is -2.17. The molecular formula is C13H28N2O2. The van der Waals surface area contributed by atoms with Gasteiger partial charge >= 0.3 is 0 Å². The zero-order chi connectivity index (χ0) is 13.3. The van der Waals surface area contributed by atoms with Gasteiger partial charge in [0.1, 0.15) is 0 Å². The van der Waals surface area contributed by atoms with Gasteiger partial charge in [-0.3, -0.25) is 4.79 Å². The Morgan fingerprint density at radius 3 is 2.47 bits per heavy atom. The molecule has 0 aliphatic heterocycles. The average Bonchev–Trinajstić information content (AvgIpc) is 2.22. The van der Waals surface area contributed by atoms with E-state index in [1.807, 2.05) is 6.92 Å². The van der Waals surface area contributed by atoms with E-state index in [4.69, 9.17) is 5.73 Å². The zero-order valence-electron chi connectivity index (χ0n) is 11.4. The summed E-state index contributed by atoms with van der Waals surface area (Å²) >= 11 is 0. The maximum Gasteiger partial charge on any atom is 0.220 e. The van der Waals surface area contributed by atoms with E-state index in [2.05, 4.69) is 12.2 Å². The van der Waals surface area contributed by atoms with Gasteiger partial charge in [-0.2, -0.15) is 0 Å². The fraction of sp³-hybridized carbons (Fsp3) is 0.923. The van der Waals surface area contributed by atoms with Gasteiger partial charge < -0.3 is 16.2 Å². The summed E-state index contributed by atoms with van der Waals surface area (Å²) in [4.78, 5) is 11.6. The van der Waals surface area contributed by atoms with Crippen LogP contribution in [-0.2, 0) is 4.79 Å². The molecule has 0 aromatic rings. The molecule has 0 aliphatic carbocycles. The molecule has 0 bridgehead atoms. The van der Waals surface area contributed by atoms with E-state index in [0.29, 0.717) is 25.3 Å². The summed E-state index contributed by atoms with van der Waals surface area (Å²) in [6.07, 6.45) is 3.77. The predicted octanol–water partition coefficient (Wildman–Crippen LogP) is 1.42. The van der Waals surface area contributed by atoms with E-state index < -0.39 is 0 Å². The molecule has 17 heavy (non-hydrogen) atoms. The average molecular weight is 244 g/mol. The van der Waals surface area contributed by atoms with Gasteiger partial charge in [0.15, 0.2) is 0 Å². The van der Waals surface area contributed by atoms with E-state index >= 15 is 0 Å². The van der Waals surface area contributed by atoms with Crippen LogP contribution in [-0.4, -0.2) is 29.7 Å². The van der Waals surface area contributed by atoms with Gasteiger partial charge in [0.25, 0.3) is 0 Å². The van der Waals surface area contributed by atoms with E-state index in [1.165, 1.54) is 0 Å². The van der Waals surface area contributed by atoms with E-state index in [-0.39, 0.29) is 18.1 Å². The van der Waals surface area contributed by atoms with Crippen LogP contribution in [0, 0.1) is 5.92 Å². The fourth-order valence-corrected chi connectivity index (χ4v) is 2.04. The summed E-state index contributed by atoms with van der Waals surface area (Å²) in [5.41, 5.74) is 5.52. The molecule has 0 rings (SSSR count). The minimum Gasteiger partial charge on any atom is -0.393 e. The Bertz CT molecular complexity index is 208. The minimum absolute atomic E-state index is 0.0390. The Hall–Kier alpha value is -0.610. The SMILES string of the molecule is CCC(CCN)CCC(=O)NC(C)CC(C)O. The van der Waals surface area contributed by atoms with Crippen LogP contribution in [0.25, 0.3) is 0 Å². The second-order valence-corrected chi connectivity index (χ2v) is 4.94. The van der Waals surface area contributed by atoms with Crippen molar-refractivity contribution in [1.29, 1.82) is 0 Å². The molecule has 0 aromatic carbocycles. The van der Waals surface area contributed by atoms with Crippen LogP contribution in [0.1, 0.15) is 52.9 Å². The smallest absolute Gasteiger partial charge is 0.220 e.